The molecule has 1 atom stereocenters. The Hall–Kier alpha value is -2.05. The van der Waals surface area contributed by atoms with Gasteiger partial charge in [0, 0.05) is 18.8 Å². The van der Waals surface area contributed by atoms with Crippen LogP contribution in [0.1, 0.15) is 18.4 Å². The molecular formula is C25H23Cl4N3O5S2. The van der Waals surface area contributed by atoms with Crippen LogP contribution in [0, 0.1) is 5.92 Å². The van der Waals surface area contributed by atoms with Crippen molar-refractivity contribution >= 4 is 83.7 Å². The van der Waals surface area contributed by atoms with Crippen molar-refractivity contribution in [2.24, 2.45) is 5.92 Å². The van der Waals surface area contributed by atoms with E-state index in [0.29, 0.717) is 35.7 Å². The second kappa shape index (κ2) is 12.2. The minimum Gasteiger partial charge on any atom is -0.326 e. The van der Waals surface area contributed by atoms with Crippen molar-refractivity contribution in [3.8, 4) is 0 Å². The number of hydrogen-bond donors (Lipinski definition) is 2. The Labute approximate surface area is 247 Å². The van der Waals surface area contributed by atoms with E-state index in [2.05, 4.69) is 10.0 Å². The molecule has 1 aliphatic rings. The van der Waals surface area contributed by atoms with E-state index in [-0.39, 0.29) is 43.9 Å². The molecule has 0 saturated carbocycles. The highest BCUT2D eigenvalue weighted by molar-refractivity contribution is 7.92. The first-order valence-electron chi connectivity index (χ1n) is 11.7. The Bertz CT molecular complexity index is 1600. The minimum atomic E-state index is -3.97. The molecule has 2 N–H and O–H groups in total. The van der Waals surface area contributed by atoms with E-state index in [0.717, 1.165) is 0 Å². The lowest BCUT2D eigenvalue weighted by molar-refractivity contribution is -0.120. The van der Waals surface area contributed by atoms with Gasteiger partial charge in [0.25, 0.3) is 10.0 Å². The van der Waals surface area contributed by atoms with Gasteiger partial charge in [0.1, 0.15) is 0 Å². The van der Waals surface area contributed by atoms with Crippen molar-refractivity contribution in [3.05, 3.63) is 86.3 Å². The number of carbonyl (C=O) groups excluding carboxylic acids is 1. The number of halogens is 4. The van der Waals surface area contributed by atoms with Crippen LogP contribution >= 0.6 is 46.4 Å². The van der Waals surface area contributed by atoms with Crippen LogP contribution in [-0.4, -0.2) is 40.1 Å². The van der Waals surface area contributed by atoms with E-state index in [1.807, 2.05) is 0 Å². The zero-order valence-corrected chi connectivity index (χ0v) is 24.9. The molecule has 0 radical (unpaired) electrons. The first-order valence-corrected chi connectivity index (χ1v) is 16.3. The van der Waals surface area contributed by atoms with Gasteiger partial charge >= 0.3 is 0 Å². The van der Waals surface area contributed by atoms with Crippen LogP contribution in [0.25, 0.3) is 0 Å². The first kappa shape index (κ1) is 29.9. The van der Waals surface area contributed by atoms with E-state index in [1.165, 1.54) is 46.8 Å². The van der Waals surface area contributed by atoms with Gasteiger partial charge in [-0.2, -0.15) is 0 Å². The third-order valence-electron chi connectivity index (χ3n) is 6.11. The molecular weight excluding hydrogens is 628 g/mol. The number of benzene rings is 3. The second-order valence-electron chi connectivity index (χ2n) is 8.92. The SMILES string of the molecule is O=C(Nc1ccc(S(=O)(=O)Nc2cccc(Cl)c2Cl)cc1)[C@H]1CCCN(S(=O)(=O)Cc2ccc(Cl)c(Cl)c2)C1. The van der Waals surface area contributed by atoms with Gasteiger partial charge in [-0.3, -0.25) is 9.52 Å². The number of hydrogen-bond acceptors (Lipinski definition) is 5. The molecule has 1 amide bonds. The molecule has 0 spiro atoms. The van der Waals surface area contributed by atoms with Crippen molar-refractivity contribution < 1.29 is 21.6 Å². The summed E-state index contributed by atoms with van der Waals surface area (Å²) in [5.74, 6) is -1.19. The topological polar surface area (TPSA) is 113 Å². The molecule has 0 aromatic heterocycles. The monoisotopic (exact) mass is 649 g/mol. The summed E-state index contributed by atoms with van der Waals surface area (Å²) in [6.45, 7) is 0.343. The molecule has 0 bridgehead atoms. The maximum Gasteiger partial charge on any atom is 0.261 e. The molecule has 208 valence electrons. The molecule has 8 nitrogen and oxygen atoms in total. The lowest BCUT2D eigenvalue weighted by Gasteiger charge is -2.31. The van der Waals surface area contributed by atoms with Gasteiger partial charge in [0.15, 0.2) is 0 Å². The Morgan fingerprint density at radius 3 is 2.31 bits per heavy atom. The van der Waals surface area contributed by atoms with E-state index < -0.39 is 26.0 Å². The average Bonchev–Trinajstić information content (AvgIpc) is 2.89. The van der Waals surface area contributed by atoms with Crippen molar-refractivity contribution in [2.75, 3.05) is 23.1 Å². The number of amides is 1. The Morgan fingerprint density at radius 1 is 0.897 bits per heavy atom. The Balaban J connectivity index is 1.39. The number of sulfonamides is 2. The van der Waals surface area contributed by atoms with E-state index >= 15 is 0 Å². The molecule has 14 heteroatoms. The van der Waals surface area contributed by atoms with Gasteiger partial charge in [0.05, 0.1) is 42.3 Å². The largest absolute Gasteiger partial charge is 0.326 e. The number of nitrogens with zero attached hydrogens (tertiary/aromatic N) is 1. The van der Waals surface area contributed by atoms with E-state index in [9.17, 15) is 21.6 Å². The van der Waals surface area contributed by atoms with Crippen LogP contribution in [0.5, 0.6) is 0 Å². The van der Waals surface area contributed by atoms with Gasteiger partial charge < -0.3 is 5.32 Å². The molecule has 1 heterocycles. The quantitative estimate of drug-likeness (QED) is 0.298. The van der Waals surface area contributed by atoms with Gasteiger partial charge in [-0.25, -0.2) is 21.1 Å². The molecule has 0 unspecified atom stereocenters. The van der Waals surface area contributed by atoms with Gasteiger partial charge in [-0.1, -0.05) is 58.5 Å². The van der Waals surface area contributed by atoms with Crippen molar-refractivity contribution in [2.45, 2.75) is 23.5 Å². The highest BCUT2D eigenvalue weighted by Gasteiger charge is 2.32. The van der Waals surface area contributed by atoms with Crippen molar-refractivity contribution in [1.29, 1.82) is 0 Å². The summed E-state index contributed by atoms with van der Waals surface area (Å²) in [7, 11) is -7.67. The van der Waals surface area contributed by atoms with Crippen LogP contribution in [0.2, 0.25) is 20.1 Å². The number of rotatable bonds is 8. The summed E-state index contributed by atoms with van der Waals surface area (Å²) < 4.78 is 55.3. The summed E-state index contributed by atoms with van der Waals surface area (Å²) >= 11 is 24.0. The maximum absolute atomic E-state index is 13.0. The van der Waals surface area contributed by atoms with Gasteiger partial charge in [-0.15, -0.1) is 0 Å². The number of nitrogens with one attached hydrogen (secondary N) is 2. The summed E-state index contributed by atoms with van der Waals surface area (Å²) in [4.78, 5) is 12.9. The number of carbonyl (C=O) groups is 1. The highest BCUT2D eigenvalue weighted by atomic mass is 35.5. The fourth-order valence-corrected chi connectivity index (χ4v) is 7.48. The van der Waals surface area contributed by atoms with E-state index in [4.69, 9.17) is 46.4 Å². The normalized spacial score (nSPS) is 16.6. The van der Waals surface area contributed by atoms with Crippen LogP contribution in [-0.2, 0) is 30.6 Å². The van der Waals surface area contributed by atoms with Gasteiger partial charge in [0.2, 0.25) is 15.9 Å². The van der Waals surface area contributed by atoms with Crippen molar-refractivity contribution in [1.82, 2.24) is 4.31 Å². The fraction of sp³-hybridized carbons (Fsp3) is 0.240. The van der Waals surface area contributed by atoms with E-state index in [1.54, 1.807) is 18.2 Å². The standard InChI is InChI=1S/C25H23Cl4N3O5S2/c26-20-11-6-16(13-22(20)28)15-38(34,35)32-12-2-3-17(14-32)25(33)30-18-7-9-19(10-8-18)39(36,37)31-23-5-1-4-21(27)24(23)29/h1,4-11,13,17,31H,2-3,12,14-15H2,(H,30,33)/t17-/m0/s1. The third kappa shape index (κ3) is 7.38. The smallest absolute Gasteiger partial charge is 0.261 e. The van der Waals surface area contributed by atoms with Crippen LogP contribution in [0.4, 0.5) is 11.4 Å². The molecule has 39 heavy (non-hydrogen) atoms. The zero-order chi connectivity index (χ0) is 28.4. The summed E-state index contributed by atoms with van der Waals surface area (Å²) in [5, 5.41) is 3.63. The molecule has 1 saturated heterocycles. The summed E-state index contributed by atoms with van der Waals surface area (Å²) in [6, 6.07) is 14.8. The number of piperidine rings is 1. The van der Waals surface area contributed by atoms with Crippen LogP contribution in [0.15, 0.2) is 65.6 Å². The van der Waals surface area contributed by atoms with Crippen LogP contribution in [0.3, 0.4) is 0 Å². The van der Waals surface area contributed by atoms with Crippen LogP contribution < -0.4 is 10.0 Å². The molecule has 3 aromatic rings. The zero-order valence-electron chi connectivity index (χ0n) is 20.2. The second-order valence-corrected chi connectivity index (χ2v) is 14.2. The third-order valence-corrected chi connectivity index (χ3v) is 10.9. The maximum atomic E-state index is 13.0. The minimum absolute atomic E-state index is 0.0340. The summed E-state index contributed by atoms with van der Waals surface area (Å²) in [5.41, 5.74) is 1.01. The molecule has 3 aromatic carbocycles. The Morgan fingerprint density at radius 2 is 1.62 bits per heavy atom. The average molecular weight is 651 g/mol. The number of anilines is 2. The molecule has 1 fully saturated rings. The summed E-state index contributed by atoms with van der Waals surface area (Å²) in [6.07, 6.45) is 1.04. The predicted molar refractivity (Wildman–Crippen MR) is 156 cm³/mol. The van der Waals surface area contributed by atoms with Crippen molar-refractivity contribution in [3.63, 3.8) is 0 Å². The van der Waals surface area contributed by atoms with Gasteiger partial charge in [-0.05, 0) is 66.9 Å². The fourth-order valence-electron chi connectivity index (χ4n) is 4.09. The lowest BCUT2D eigenvalue weighted by Crippen LogP contribution is -2.44. The lowest BCUT2D eigenvalue weighted by atomic mass is 9.99. The Kier molecular flexibility index (Phi) is 9.37. The highest BCUT2D eigenvalue weighted by Crippen LogP contribution is 2.31. The molecule has 1 aliphatic heterocycles. The predicted octanol–water partition coefficient (Wildman–Crippen LogP) is 6.28. The molecule has 0 aliphatic carbocycles. The molecule has 4 rings (SSSR count). The first-order chi connectivity index (χ1) is 18.4.